The van der Waals surface area contributed by atoms with Crippen LogP contribution in [0.5, 0.6) is 0 Å². The van der Waals surface area contributed by atoms with Gasteiger partial charge in [0.05, 0.1) is 0 Å². The highest BCUT2D eigenvalue weighted by Gasteiger charge is 2.25. The Kier molecular flexibility index (Phi) is 2.87. The first-order chi connectivity index (χ1) is 5.74. The number of piperidine rings is 1. The fourth-order valence-electron chi connectivity index (χ4n) is 1.16. The Morgan fingerprint density at radius 1 is 1.58 bits per heavy atom. The Labute approximate surface area is 71.5 Å². The number of hydrogen-bond donors (Lipinski definition) is 1. The second-order valence-corrected chi connectivity index (χ2v) is 2.78. The summed E-state index contributed by atoms with van der Waals surface area (Å²) in [5.74, 6) is 5.15. The van der Waals surface area contributed by atoms with Gasteiger partial charge in [-0.25, -0.2) is 0 Å². The summed E-state index contributed by atoms with van der Waals surface area (Å²) in [7, 11) is 0. The zero-order chi connectivity index (χ0) is 8.97. The fraction of sp³-hybridized carbons (Fsp3) is 0.556. The van der Waals surface area contributed by atoms with Crippen molar-refractivity contribution in [1.29, 1.82) is 0 Å². The molecule has 1 atom stereocenters. The van der Waals surface area contributed by atoms with Gasteiger partial charge in [0, 0.05) is 18.8 Å². The van der Waals surface area contributed by atoms with Crippen LogP contribution in [0.1, 0.15) is 26.2 Å². The van der Waals surface area contributed by atoms with Gasteiger partial charge in [0.25, 0.3) is 0 Å². The molecule has 1 fully saturated rings. The monoisotopic (exact) mass is 165 g/mol. The molecule has 2 amide bonds. The van der Waals surface area contributed by atoms with Crippen molar-refractivity contribution in [2.45, 2.75) is 26.2 Å². The third kappa shape index (κ3) is 2.09. The largest absolute Gasteiger partial charge is 0.296 e. The summed E-state index contributed by atoms with van der Waals surface area (Å²) < 4.78 is 0. The maximum Gasteiger partial charge on any atom is 0.230 e. The average Bonchev–Trinajstić information content (AvgIpc) is 2.03. The highest BCUT2D eigenvalue weighted by molar-refractivity contribution is 5.98. The average molecular weight is 165 g/mol. The van der Waals surface area contributed by atoms with Gasteiger partial charge in [0.2, 0.25) is 11.8 Å². The van der Waals surface area contributed by atoms with E-state index in [0.717, 1.165) is 0 Å². The number of hydrogen-bond acceptors (Lipinski definition) is 2. The molecule has 0 aliphatic carbocycles. The number of imide groups is 1. The number of amides is 2. The lowest BCUT2D eigenvalue weighted by molar-refractivity contribution is -0.136. The molecule has 1 saturated heterocycles. The molecule has 0 radical (unpaired) electrons. The van der Waals surface area contributed by atoms with Crippen LogP contribution in [0.3, 0.4) is 0 Å². The lowest BCUT2D eigenvalue weighted by Crippen LogP contribution is -2.40. The molecule has 1 heterocycles. The van der Waals surface area contributed by atoms with Gasteiger partial charge >= 0.3 is 0 Å². The van der Waals surface area contributed by atoms with E-state index in [1.54, 1.807) is 6.92 Å². The van der Waals surface area contributed by atoms with Crippen LogP contribution >= 0.6 is 0 Å². The van der Waals surface area contributed by atoms with Gasteiger partial charge in [-0.15, -0.1) is 11.8 Å². The van der Waals surface area contributed by atoms with Crippen molar-refractivity contribution in [3.63, 3.8) is 0 Å². The molecule has 12 heavy (non-hydrogen) atoms. The molecular weight excluding hydrogens is 154 g/mol. The van der Waals surface area contributed by atoms with Crippen molar-refractivity contribution in [2.24, 2.45) is 5.92 Å². The lowest BCUT2D eigenvalue weighted by atomic mass is 9.95. The van der Waals surface area contributed by atoms with Crippen LogP contribution in [0.4, 0.5) is 0 Å². The number of carbonyl (C=O) groups excluding carboxylic acids is 2. The van der Waals surface area contributed by atoms with Crippen molar-refractivity contribution < 1.29 is 9.59 Å². The Hall–Kier alpha value is -1.30. The number of carbonyl (C=O) groups is 2. The van der Waals surface area contributed by atoms with E-state index in [1.807, 2.05) is 0 Å². The molecule has 1 aliphatic rings. The van der Waals surface area contributed by atoms with Crippen LogP contribution in [0.25, 0.3) is 0 Å². The predicted molar refractivity (Wildman–Crippen MR) is 43.9 cm³/mol. The second kappa shape index (κ2) is 3.91. The van der Waals surface area contributed by atoms with E-state index >= 15 is 0 Å². The zero-order valence-corrected chi connectivity index (χ0v) is 7.02. The summed E-state index contributed by atoms with van der Waals surface area (Å²) >= 11 is 0. The maximum absolute atomic E-state index is 11.1. The van der Waals surface area contributed by atoms with Gasteiger partial charge in [-0.2, -0.15) is 0 Å². The van der Waals surface area contributed by atoms with Crippen molar-refractivity contribution in [1.82, 2.24) is 5.32 Å². The molecule has 0 spiro atoms. The molecule has 0 aromatic heterocycles. The first kappa shape index (κ1) is 8.79. The minimum atomic E-state index is -0.172. The molecule has 1 rings (SSSR count). The van der Waals surface area contributed by atoms with E-state index in [0.29, 0.717) is 19.3 Å². The minimum absolute atomic E-state index is 0.0878. The summed E-state index contributed by atoms with van der Waals surface area (Å²) in [4.78, 5) is 21.8. The van der Waals surface area contributed by atoms with E-state index < -0.39 is 0 Å². The SMILES string of the molecule is CC#CCC1CCC(=O)NC1=O. The lowest BCUT2D eigenvalue weighted by Gasteiger charge is -2.18. The molecule has 1 N–H and O–H groups in total. The Morgan fingerprint density at radius 3 is 2.92 bits per heavy atom. The molecule has 1 aliphatic heterocycles. The standard InChI is InChI=1S/C9H11NO2/c1-2-3-4-7-5-6-8(11)10-9(7)12/h7H,4-6H2,1H3,(H,10,11,12). The van der Waals surface area contributed by atoms with Crippen LogP contribution in [-0.2, 0) is 9.59 Å². The Morgan fingerprint density at radius 2 is 2.33 bits per heavy atom. The maximum atomic E-state index is 11.1. The highest BCUT2D eigenvalue weighted by Crippen LogP contribution is 2.14. The quantitative estimate of drug-likeness (QED) is 0.453. The number of rotatable bonds is 1. The zero-order valence-electron chi connectivity index (χ0n) is 7.02. The second-order valence-electron chi connectivity index (χ2n) is 2.78. The summed E-state index contributed by atoms with van der Waals surface area (Å²) in [6.45, 7) is 1.74. The predicted octanol–water partition coefficient (Wildman–Crippen LogP) is 0.453. The van der Waals surface area contributed by atoms with E-state index in [-0.39, 0.29) is 17.7 Å². The van der Waals surface area contributed by atoms with Gasteiger partial charge in [0.15, 0.2) is 0 Å². The summed E-state index contributed by atoms with van der Waals surface area (Å²) in [5.41, 5.74) is 0. The van der Waals surface area contributed by atoms with E-state index in [2.05, 4.69) is 17.2 Å². The topological polar surface area (TPSA) is 46.2 Å². The van der Waals surface area contributed by atoms with Crippen molar-refractivity contribution in [2.75, 3.05) is 0 Å². The van der Waals surface area contributed by atoms with E-state index in [9.17, 15) is 9.59 Å². The van der Waals surface area contributed by atoms with Gasteiger partial charge in [-0.3, -0.25) is 14.9 Å². The summed E-state index contributed by atoms with van der Waals surface area (Å²) in [6.07, 6.45) is 1.65. The molecule has 0 saturated carbocycles. The molecule has 3 nitrogen and oxygen atoms in total. The van der Waals surface area contributed by atoms with Crippen LogP contribution in [0, 0.1) is 17.8 Å². The van der Waals surface area contributed by atoms with Gasteiger partial charge in [0.1, 0.15) is 0 Å². The molecule has 0 bridgehead atoms. The highest BCUT2D eigenvalue weighted by atomic mass is 16.2. The van der Waals surface area contributed by atoms with Crippen LogP contribution < -0.4 is 5.32 Å². The van der Waals surface area contributed by atoms with Gasteiger partial charge < -0.3 is 0 Å². The molecule has 3 heteroatoms. The Bertz CT molecular complexity index is 259. The minimum Gasteiger partial charge on any atom is -0.296 e. The summed E-state index contributed by atoms with van der Waals surface area (Å²) in [6, 6.07) is 0. The third-order valence-corrected chi connectivity index (χ3v) is 1.88. The smallest absolute Gasteiger partial charge is 0.230 e. The van der Waals surface area contributed by atoms with Crippen LogP contribution in [0.2, 0.25) is 0 Å². The fourth-order valence-corrected chi connectivity index (χ4v) is 1.16. The summed E-state index contributed by atoms with van der Waals surface area (Å²) in [5, 5.41) is 2.29. The number of nitrogens with one attached hydrogen (secondary N) is 1. The van der Waals surface area contributed by atoms with Crippen molar-refractivity contribution >= 4 is 11.8 Å². The molecular formula is C9H11NO2. The first-order valence-corrected chi connectivity index (χ1v) is 3.97. The first-order valence-electron chi connectivity index (χ1n) is 3.97. The molecule has 1 unspecified atom stereocenters. The molecule has 0 aromatic rings. The van der Waals surface area contributed by atoms with Gasteiger partial charge in [-0.1, -0.05) is 0 Å². The van der Waals surface area contributed by atoms with E-state index in [4.69, 9.17) is 0 Å². The molecule has 0 aromatic carbocycles. The Balaban J connectivity index is 2.49. The van der Waals surface area contributed by atoms with Crippen molar-refractivity contribution in [3.8, 4) is 11.8 Å². The van der Waals surface area contributed by atoms with Crippen LogP contribution in [0.15, 0.2) is 0 Å². The van der Waals surface area contributed by atoms with Gasteiger partial charge in [-0.05, 0) is 13.3 Å². The van der Waals surface area contributed by atoms with E-state index in [1.165, 1.54) is 0 Å². The van der Waals surface area contributed by atoms with Crippen LogP contribution in [-0.4, -0.2) is 11.8 Å². The third-order valence-electron chi connectivity index (χ3n) is 1.88. The van der Waals surface area contributed by atoms with Crippen molar-refractivity contribution in [3.05, 3.63) is 0 Å². The normalized spacial score (nSPS) is 22.6. The molecule has 64 valence electrons.